The van der Waals surface area contributed by atoms with Crippen LogP contribution in [0.3, 0.4) is 0 Å². The highest BCUT2D eigenvalue weighted by Crippen LogP contribution is 2.15. The molecular weight excluding hydrogens is 210 g/mol. The third-order valence-corrected chi connectivity index (χ3v) is 2.77. The van der Waals surface area contributed by atoms with E-state index in [1.54, 1.807) is 0 Å². The van der Waals surface area contributed by atoms with Gasteiger partial charge in [0.2, 0.25) is 0 Å². The number of nitrogens with one attached hydrogen (secondary N) is 1. The van der Waals surface area contributed by atoms with E-state index in [0.29, 0.717) is 12.5 Å². The second-order valence-corrected chi connectivity index (χ2v) is 5.06. The topological polar surface area (TPSA) is 32.3 Å². The minimum absolute atomic E-state index is 0.394. The summed E-state index contributed by atoms with van der Waals surface area (Å²) < 4.78 is 0. The average molecular weight is 235 g/mol. The van der Waals surface area contributed by atoms with E-state index in [-0.39, 0.29) is 0 Å². The van der Waals surface area contributed by atoms with E-state index in [0.717, 1.165) is 24.9 Å². The summed E-state index contributed by atoms with van der Waals surface area (Å²) >= 11 is 0. The molecule has 1 atom stereocenters. The van der Waals surface area contributed by atoms with Crippen molar-refractivity contribution in [3.05, 3.63) is 35.4 Å². The molecule has 0 aliphatic rings. The van der Waals surface area contributed by atoms with E-state index in [4.69, 9.17) is 0 Å². The molecule has 0 heterocycles. The lowest BCUT2D eigenvalue weighted by molar-refractivity contribution is 0.175. The average Bonchev–Trinajstić information content (AvgIpc) is 2.29. The Morgan fingerprint density at radius 1 is 1.18 bits per heavy atom. The minimum atomic E-state index is -0.394. The molecule has 0 saturated heterocycles. The molecule has 2 nitrogen and oxygen atoms in total. The Labute approximate surface area is 105 Å². The summed E-state index contributed by atoms with van der Waals surface area (Å²) in [5, 5.41) is 13.2. The van der Waals surface area contributed by atoms with Gasteiger partial charge in [0.1, 0.15) is 0 Å². The van der Waals surface area contributed by atoms with Crippen molar-refractivity contribution >= 4 is 0 Å². The molecule has 96 valence electrons. The summed E-state index contributed by atoms with van der Waals surface area (Å²) in [7, 11) is 0. The van der Waals surface area contributed by atoms with Crippen LogP contribution in [0.4, 0.5) is 0 Å². The fourth-order valence-electron chi connectivity index (χ4n) is 1.88. The van der Waals surface area contributed by atoms with Crippen LogP contribution in [0.5, 0.6) is 0 Å². The first-order chi connectivity index (χ1) is 8.13. The van der Waals surface area contributed by atoms with Gasteiger partial charge in [-0.1, -0.05) is 45.0 Å². The summed E-state index contributed by atoms with van der Waals surface area (Å²) in [6.45, 7) is 8.16. The Morgan fingerprint density at radius 3 is 2.35 bits per heavy atom. The molecule has 2 heteroatoms. The molecule has 0 fully saturated rings. The smallest absolute Gasteiger partial charge is 0.0914 e. The first-order valence-corrected chi connectivity index (χ1v) is 6.61. The summed E-state index contributed by atoms with van der Waals surface area (Å²) in [5.41, 5.74) is 2.35. The van der Waals surface area contributed by atoms with Crippen molar-refractivity contribution in [2.45, 2.75) is 39.7 Å². The van der Waals surface area contributed by atoms with Gasteiger partial charge in [-0.15, -0.1) is 0 Å². The zero-order chi connectivity index (χ0) is 12.7. The van der Waals surface area contributed by atoms with Crippen LogP contribution in [0.2, 0.25) is 0 Å². The second kappa shape index (κ2) is 7.46. The molecule has 17 heavy (non-hydrogen) atoms. The van der Waals surface area contributed by atoms with Gasteiger partial charge in [0.25, 0.3) is 0 Å². The van der Waals surface area contributed by atoms with E-state index >= 15 is 0 Å². The molecule has 0 aliphatic carbocycles. The van der Waals surface area contributed by atoms with Gasteiger partial charge in [-0.2, -0.15) is 0 Å². The molecule has 0 amide bonds. The van der Waals surface area contributed by atoms with Gasteiger partial charge in [-0.05, 0) is 36.4 Å². The predicted octanol–water partition coefficient (Wildman–Crippen LogP) is 2.92. The zero-order valence-corrected chi connectivity index (χ0v) is 11.2. The highest BCUT2D eigenvalue weighted by atomic mass is 16.3. The van der Waals surface area contributed by atoms with Crippen LogP contribution in [0, 0.1) is 5.92 Å². The molecule has 1 aromatic carbocycles. The van der Waals surface area contributed by atoms with Crippen molar-refractivity contribution in [2.24, 2.45) is 5.92 Å². The molecule has 1 aromatic rings. The van der Waals surface area contributed by atoms with Crippen LogP contribution in [-0.4, -0.2) is 18.2 Å². The maximum atomic E-state index is 9.96. The summed E-state index contributed by atoms with van der Waals surface area (Å²) in [5.74, 6) is 0.678. The van der Waals surface area contributed by atoms with E-state index in [2.05, 4.69) is 38.2 Å². The van der Waals surface area contributed by atoms with E-state index < -0.39 is 6.10 Å². The van der Waals surface area contributed by atoms with Crippen molar-refractivity contribution in [1.82, 2.24) is 5.32 Å². The highest BCUT2D eigenvalue weighted by Gasteiger charge is 2.06. The van der Waals surface area contributed by atoms with Gasteiger partial charge >= 0.3 is 0 Å². The molecule has 0 bridgehead atoms. The molecule has 0 saturated carbocycles. The molecule has 0 aromatic heterocycles. The van der Waals surface area contributed by atoms with E-state index in [1.165, 1.54) is 5.56 Å². The molecule has 0 radical (unpaired) electrons. The molecule has 2 N–H and O–H groups in total. The standard InChI is InChI=1S/C15H25NO/c1-4-9-16-11-15(17)14-7-5-13(6-8-14)10-12(2)3/h5-8,12,15-17H,4,9-11H2,1-3H3. The largest absolute Gasteiger partial charge is 0.387 e. The predicted molar refractivity (Wildman–Crippen MR) is 73.1 cm³/mol. The number of hydrogen-bond donors (Lipinski definition) is 2. The molecular formula is C15H25NO. The van der Waals surface area contributed by atoms with Crippen LogP contribution in [-0.2, 0) is 6.42 Å². The van der Waals surface area contributed by atoms with Gasteiger partial charge in [0, 0.05) is 6.54 Å². The maximum Gasteiger partial charge on any atom is 0.0914 e. The minimum Gasteiger partial charge on any atom is -0.387 e. The normalized spacial score (nSPS) is 13.0. The lowest BCUT2D eigenvalue weighted by atomic mass is 10.0. The Kier molecular flexibility index (Phi) is 6.23. The van der Waals surface area contributed by atoms with Gasteiger partial charge < -0.3 is 10.4 Å². The van der Waals surface area contributed by atoms with E-state index in [1.807, 2.05) is 12.1 Å². The van der Waals surface area contributed by atoms with Crippen LogP contribution in [0.1, 0.15) is 44.4 Å². The van der Waals surface area contributed by atoms with Gasteiger partial charge in [0.05, 0.1) is 6.10 Å². The molecule has 1 unspecified atom stereocenters. The number of rotatable bonds is 7. The Bertz CT molecular complexity index is 305. The van der Waals surface area contributed by atoms with E-state index in [9.17, 15) is 5.11 Å². The molecule has 0 spiro atoms. The second-order valence-electron chi connectivity index (χ2n) is 5.06. The first kappa shape index (κ1) is 14.2. The Hall–Kier alpha value is -0.860. The third-order valence-electron chi connectivity index (χ3n) is 2.77. The van der Waals surface area contributed by atoms with Crippen molar-refractivity contribution in [3.8, 4) is 0 Å². The van der Waals surface area contributed by atoms with Crippen molar-refractivity contribution in [2.75, 3.05) is 13.1 Å². The van der Waals surface area contributed by atoms with Crippen molar-refractivity contribution in [3.63, 3.8) is 0 Å². The number of hydrogen-bond acceptors (Lipinski definition) is 2. The lowest BCUT2D eigenvalue weighted by Crippen LogP contribution is -2.22. The number of aliphatic hydroxyl groups excluding tert-OH is 1. The van der Waals surface area contributed by atoms with Crippen LogP contribution in [0.15, 0.2) is 24.3 Å². The highest BCUT2D eigenvalue weighted by molar-refractivity contribution is 5.24. The van der Waals surface area contributed by atoms with Gasteiger partial charge in [0.15, 0.2) is 0 Å². The van der Waals surface area contributed by atoms with Crippen LogP contribution >= 0.6 is 0 Å². The molecule has 1 rings (SSSR count). The molecule has 0 aliphatic heterocycles. The number of aliphatic hydroxyl groups is 1. The third kappa shape index (κ3) is 5.33. The van der Waals surface area contributed by atoms with Crippen molar-refractivity contribution in [1.29, 1.82) is 0 Å². The summed E-state index contributed by atoms with van der Waals surface area (Å²) in [6, 6.07) is 8.32. The number of benzene rings is 1. The SMILES string of the molecule is CCCNCC(O)c1ccc(CC(C)C)cc1. The zero-order valence-electron chi connectivity index (χ0n) is 11.2. The van der Waals surface area contributed by atoms with Gasteiger partial charge in [-0.25, -0.2) is 0 Å². The summed E-state index contributed by atoms with van der Waals surface area (Å²) in [4.78, 5) is 0. The van der Waals surface area contributed by atoms with Crippen molar-refractivity contribution < 1.29 is 5.11 Å². The Balaban J connectivity index is 2.48. The quantitative estimate of drug-likeness (QED) is 0.712. The van der Waals surface area contributed by atoms with Crippen LogP contribution in [0.25, 0.3) is 0 Å². The first-order valence-electron chi connectivity index (χ1n) is 6.61. The lowest BCUT2D eigenvalue weighted by Gasteiger charge is -2.13. The fraction of sp³-hybridized carbons (Fsp3) is 0.600. The monoisotopic (exact) mass is 235 g/mol. The summed E-state index contributed by atoms with van der Waals surface area (Å²) in [6.07, 6.45) is 1.81. The van der Waals surface area contributed by atoms with Crippen LogP contribution < -0.4 is 5.32 Å². The Morgan fingerprint density at radius 2 is 1.82 bits per heavy atom. The maximum absolute atomic E-state index is 9.96. The van der Waals surface area contributed by atoms with Gasteiger partial charge in [-0.3, -0.25) is 0 Å². The fourth-order valence-corrected chi connectivity index (χ4v) is 1.88.